The summed E-state index contributed by atoms with van der Waals surface area (Å²) in [5.74, 6) is 1.75. The third-order valence-electron chi connectivity index (χ3n) is 3.52. The third kappa shape index (κ3) is 3.20. The van der Waals surface area contributed by atoms with Gasteiger partial charge < -0.3 is 15.8 Å². The first-order valence-electron chi connectivity index (χ1n) is 7.18. The highest BCUT2D eigenvalue weighted by atomic mass is 16.5. The van der Waals surface area contributed by atoms with Crippen LogP contribution in [-0.2, 0) is 0 Å². The maximum absolute atomic E-state index is 5.85. The Kier molecular flexibility index (Phi) is 5.18. The molecule has 1 aromatic carbocycles. The standard InChI is InChI=1S/C16H23N3O/c1-3-4-6-12(11-17)19-16-14-7-5-8-15(20-2)13(14)9-10-18-16/h5,7-10,12H,3-4,6,11,17H2,1-2H3,(H,18,19). The van der Waals surface area contributed by atoms with Crippen LogP contribution in [0.4, 0.5) is 5.82 Å². The van der Waals surface area contributed by atoms with Crippen molar-refractivity contribution in [2.24, 2.45) is 5.73 Å². The average Bonchev–Trinajstić information content (AvgIpc) is 2.50. The van der Waals surface area contributed by atoms with Crippen molar-refractivity contribution in [2.75, 3.05) is 19.0 Å². The molecule has 1 heterocycles. The zero-order valence-electron chi connectivity index (χ0n) is 12.2. The van der Waals surface area contributed by atoms with Crippen molar-refractivity contribution in [2.45, 2.75) is 32.2 Å². The molecule has 0 bridgehead atoms. The van der Waals surface area contributed by atoms with Crippen LogP contribution in [0.3, 0.4) is 0 Å². The Morgan fingerprint density at radius 2 is 2.15 bits per heavy atom. The van der Waals surface area contributed by atoms with E-state index in [2.05, 4.69) is 23.3 Å². The van der Waals surface area contributed by atoms with Gasteiger partial charge in [0.05, 0.1) is 7.11 Å². The molecule has 0 aliphatic heterocycles. The first kappa shape index (κ1) is 14.6. The molecular weight excluding hydrogens is 250 g/mol. The van der Waals surface area contributed by atoms with E-state index in [0.29, 0.717) is 6.54 Å². The fourth-order valence-corrected chi connectivity index (χ4v) is 2.36. The number of methoxy groups -OCH3 is 1. The van der Waals surface area contributed by atoms with Crippen molar-refractivity contribution < 1.29 is 4.74 Å². The van der Waals surface area contributed by atoms with Crippen molar-refractivity contribution in [3.63, 3.8) is 0 Å². The molecule has 1 aromatic heterocycles. The second kappa shape index (κ2) is 7.10. The molecule has 0 fully saturated rings. The Hall–Kier alpha value is -1.81. The molecule has 0 spiro atoms. The van der Waals surface area contributed by atoms with Gasteiger partial charge in [-0.1, -0.05) is 31.9 Å². The zero-order valence-corrected chi connectivity index (χ0v) is 12.2. The number of nitrogens with zero attached hydrogens (tertiary/aromatic N) is 1. The van der Waals surface area contributed by atoms with Crippen molar-refractivity contribution in [1.29, 1.82) is 0 Å². The van der Waals surface area contributed by atoms with Gasteiger partial charge in [0, 0.05) is 29.6 Å². The minimum Gasteiger partial charge on any atom is -0.496 e. The molecule has 2 aromatic rings. The van der Waals surface area contributed by atoms with E-state index < -0.39 is 0 Å². The molecule has 2 rings (SSSR count). The summed E-state index contributed by atoms with van der Waals surface area (Å²) in [5, 5.41) is 5.61. The van der Waals surface area contributed by atoms with Crippen molar-refractivity contribution in [1.82, 2.24) is 4.98 Å². The lowest BCUT2D eigenvalue weighted by atomic mass is 10.1. The molecule has 20 heavy (non-hydrogen) atoms. The van der Waals surface area contributed by atoms with Gasteiger partial charge in [0.25, 0.3) is 0 Å². The molecule has 108 valence electrons. The topological polar surface area (TPSA) is 60.2 Å². The first-order valence-corrected chi connectivity index (χ1v) is 7.18. The molecule has 0 aliphatic rings. The highest BCUT2D eigenvalue weighted by Gasteiger charge is 2.10. The summed E-state index contributed by atoms with van der Waals surface area (Å²) in [6, 6.07) is 8.24. The molecule has 1 atom stereocenters. The fraction of sp³-hybridized carbons (Fsp3) is 0.438. The van der Waals surface area contributed by atoms with Crippen LogP contribution < -0.4 is 15.8 Å². The smallest absolute Gasteiger partial charge is 0.134 e. The lowest BCUT2D eigenvalue weighted by Gasteiger charge is -2.18. The fourth-order valence-electron chi connectivity index (χ4n) is 2.36. The van der Waals surface area contributed by atoms with Crippen LogP contribution in [0, 0.1) is 0 Å². The number of hydrogen-bond acceptors (Lipinski definition) is 4. The lowest BCUT2D eigenvalue weighted by Crippen LogP contribution is -2.29. The quantitative estimate of drug-likeness (QED) is 0.813. The van der Waals surface area contributed by atoms with Gasteiger partial charge >= 0.3 is 0 Å². The Morgan fingerprint density at radius 1 is 1.30 bits per heavy atom. The number of nitrogens with two attached hydrogens (primary N) is 1. The number of nitrogens with one attached hydrogen (secondary N) is 1. The number of fused-ring (bicyclic) bond motifs is 1. The van der Waals surface area contributed by atoms with Crippen LogP contribution in [0.2, 0.25) is 0 Å². The SMILES string of the molecule is CCCCC(CN)Nc1nccc2c(OC)cccc12. The van der Waals surface area contributed by atoms with Gasteiger partial charge in [0.2, 0.25) is 0 Å². The van der Waals surface area contributed by atoms with Gasteiger partial charge in [-0.25, -0.2) is 4.98 Å². The number of aromatic nitrogens is 1. The van der Waals surface area contributed by atoms with Gasteiger partial charge in [-0.2, -0.15) is 0 Å². The van der Waals surface area contributed by atoms with Crippen LogP contribution in [-0.4, -0.2) is 24.7 Å². The summed E-state index contributed by atoms with van der Waals surface area (Å²) in [6.45, 7) is 2.80. The number of unbranched alkanes of at least 4 members (excludes halogenated alkanes) is 1. The molecule has 4 nitrogen and oxygen atoms in total. The number of hydrogen-bond donors (Lipinski definition) is 2. The molecule has 0 saturated carbocycles. The van der Waals surface area contributed by atoms with Gasteiger partial charge in [-0.15, -0.1) is 0 Å². The van der Waals surface area contributed by atoms with Gasteiger partial charge in [-0.3, -0.25) is 0 Å². The number of ether oxygens (including phenoxy) is 1. The highest BCUT2D eigenvalue weighted by Crippen LogP contribution is 2.29. The molecule has 4 heteroatoms. The van der Waals surface area contributed by atoms with E-state index in [-0.39, 0.29) is 6.04 Å². The van der Waals surface area contributed by atoms with E-state index in [1.54, 1.807) is 13.3 Å². The summed E-state index contributed by atoms with van der Waals surface area (Å²) < 4.78 is 5.40. The lowest BCUT2D eigenvalue weighted by molar-refractivity contribution is 0.420. The minimum atomic E-state index is 0.263. The van der Waals surface area contributed by atoms with Crippen molar-refractivity contribution in [3.05, 3.63) is 30.5 Å². The van der Waals surface area contributed by atoms with Crippen LogP contribution >= 0.6 is 0 Å². The van der Waals surface area contributed by atoms with E-state index in [9.17, 15) is 0 Å². The maximum atomic E-state index is 5.85. The summed E-state index contributed by atoms with van der Waals surface area (Å²) in [6.07, 6.45) is 5.22. The predicted molar refractivity (Wildman–Crippen MR) is 84.3 cm³/mol. The second-order valence-electron chi connectivity index (χ2n) is 4.93. The summed E-state index contributed by atoms with van der Waals surface area (Å²) in [5.41, 5.74) is 5.85. The van der Waals surface area contributed by atoms with E-state index in [0.717, 1.165) is 28.8 Å². The van der Waals surface area contributed by atoms with Gasteiger partial charge in [-0.05, 0) is 18.6 Å². The monoisotopic (exact) mass is 273 g/mol. The van der Waals surface area contributed by atoms with E-state index in [1.165, 1.54) is 12.8 Å². The van der Waals surface area contributed by atoms with Gasteiger partial charge in [0.15, 0.2) is 0 Å². The molecule has 0 saturated heterocycles. The molecule has 1 unspecified atom stereocenters. The normalized spacial score (nSPS) is 12.3. The van der Waals surface area contributed by atoms with E-state index in [4.69, 9.17) is 10.5 Å². The third-order valence-corrected chi connectivity index (χ3v) is 3.52. The summed E-state index contributed by atoms with van der Waals surface area (Å²) >= 11 is 0. The summed E-state index contributed by atoms with van der Waals surface area (Å²) in [4.78, 5) is 4.46. The van der Waals surface area contributed by atoms with Crippen LogP contribution in [0.25, 0.3) is 10.8 Å². The number of pyridine rings is 1. The summed E-state index contributed by atoms with van der Waals surface area (Å²) in [7, 11) is 1.69. The number of rotatable bonds is 7. The van der Waals surface area contributed by atoms with E-state index in [1.807, 2.05) is 18.2 Å². The Bertz CT molecular complexity index is 556. The molecule has 0 aliphatic carbocycles. The highest BCUT2D eigenvalue weighted by molar-refractivity contribution is 5.95. The maximum Gasteiger partial charge on any atom is 0.134 e. The largest absolute Gasteiger partial charge is 0.496 e. The number of anilines is 1. The molecule has 3 N–H and O–H groups in total. The average molecular weight is 273 g/mol. The zero-order chi connectivity index (χ0) is 14.4. The molecule has 0 amide bonds. The molecular formula is C16H23N3O. The van der Waals surface area contributed by atoms with Gasteiger partial charge in [0.1, 0.15) is 11.6 Å². The number of benzene rings is 1. The van der Waals surface area contributed by atoms with Crippen LogP contribution in [0.15, 0.2) is 30.5 Å². The second-order valence-corrected chi connectivity index (χ2v) is 4.93. The Morgan fingerprint density at radius 3 is 2.85 bits per heavy atom. The van der Waals surface area contributed by atoms with Crippen LogP contribution in [0.5, 0.6) is 5.75 Å². The predicted octanol–water partition coefficient (Wildman–Crippen LogP) is 3.17. The minimum absolute atomic E-state index is 0.263. The van der Waals surface area contributed by atoms with Crippen molar-refractivity contribution >= 4 is 16.6 Å². The first-order chi connectivity index (χ1) is 9.80. The van der Waals surface area contributed by atoms with E-state index >= 15 is 0 Å². The Labute approximate surface area is 120 Å². The molecule has 0 radical (unpaired) electrons. The van der Waals surface area contributed by atoms with Crippen LogP contribution in [0.1, 0.15) is 26.2 Å². The van der Waals surface area contributed by atoms with Crippen molar-refractivity contribution in [3.8, 4) is 5.75 Å². The Balaban J connectivity index is 2.30.